The van der Waals surface area contributed by atoms with Crippen LogP contribution in [0.4, 0.5) is 20.2 Å². The van der Waals surface area contributed by atoms with E-state index >= 15 is 0 Å². The number of ether oxygens (including phenoxy) is 1. The molecule has 0 N–H and O–H groups in total. The van der Waals surface area contributed by atoms with Crippen LogP contribution in [-0.2, 0) is 4.74 Å². The maximum Gasteiger partial charge on any atom is 0.134 e. The van der Waals surface area contributed by atoms with Crippen molar-refractivity contribution in [3.63, 3.8) is 0 Å². The molecule has 2 aromatic carbocycles. The average Bonchev–Trinajstić information content (AvgIpc) is 2.74. The van der Waals surface area contributed by atoms with Crippen LogP contribution in [0.5, 0.6) is 0 Å². The van der Waals surface area contributed by atoms with Gasteiger partial charge in [0.05, 0.1) is 18.5 Å². The number of halogens is 2. The van der Waals surface area contributed by atoms with E-state index in [4.69, 9.17) is 4.74 Å². The fourth-order valence-electron chi connectivity index (χ4n) is 4.06. The predicted molar refractivity (Wildman–Crippen MR) is 109 cm³/mol. The monoisotopic (exact) mass is 382 g/mol. The summed E-state index contributed by atoms with van der Waals surface area (Å²) in [5, 5.41) is 0. The second kappa shape index (κ2) is 8.05. The summed E-state index contributed by atoms with van der Waals surface area (Å²) in [6.07, 6.45) is 7.76. The Kier molecular flexibility index (Phi) is 5.33. The summed E-state index contributed by atoms with van der Waals surface area (Å²) in [5.41, 5.74) is 2.93. The molecule has 28 heavy (non-hydrogen) atoms. The van der Waals surface area contributed by atoms with Crippen LogP contribution >= 0.6 is 0 Å². The second-order valence-electron chi connectivity index (χ2n) is 7.21. The van der Waals surface area contributed by atoms with E-state index in [1.165, 1.54) is 11.8 Å². The van der Waals surface area contributed by atoms with E-state index in [1.54, 1.807) is 13.2 Å². The van der Waals surface area contributed by atoms with Crippen molar-refractivity contribution >= 4 is 11.4 Å². The molecular weight excluding hydrogens is 358 g/mol. The SMILES string of the molecule is COC1=CN(c2ccccc2N2CCC(c3ccc(F)cc3F)CC2)CC=C1. The highest BCUT2D eigenvalue weighted by molar-refractivity contribution is 5.73. The first-order valence-electron chi connectivity index (χ1n) is 9.63. The lowest BCUT2D eigenvalue weighted by atomic mass is 9.88. The molecule has 4 rings (SSSR count). The molecule has 0 atom stereocenters. The number of benzene rings is 2. The van der Waals surface area contributed by atoms with Crippen LogP contribution in [0.25, 0.3) is 0 Å². The van der Waals surface area contributed by atoms with E-state index in [2.05, 4.69) is 28.0 Å². The Morgan fingerprint density at radius 2 is 1.75 bits per heavy atom. The van der Waals surface area contributed by atoms with E-state index in [0.717, 1.165) is 50.0 Å². The summed E-state index contributed by atoms with van der Waals surface area (Å²) in [4.78, 5) is 4.53. The van der Waals surface area contributed by atoms with Gasteiger partial charge in [0, 0.05) is 31.9 Å². The molecule has 1 fully saturated rings. The Labute approximate surface area is 164 Å². The predicted octanol–water partition coefficient (Wildman–Crippen LogP) is 5.21. The van der Waals surface area contributed by atoms with Crippen LogP contribution in [0.1, 0.15) is 24.3 Å². The number of hydrogen-bond acceptors (Lipinski definition) is 3. The lowest BCUT2D eigenvalue weighted by Crippen LogP contribution is -2.34. The van der Waals surface area contributed by atoms with Crippen molar-refractivity contribution in [3.05, 3.63) is 83.8 Å². The van der Waals surface area contributed by atoms with E-state index in [1.807, 2.05) is 24.4 Å². The molecule has 0 aromatic heterocycles. The van der Waals surface area contributed by atoms with E-state index < -0.39 is 11.6 Å². The molecule has 0 amide bonds. The van der Waals surface area contributed by atoms with Crippen LogP contribution in [0.2, 0.25) is 0 Å². The molecule has 146 valence electrons. The molecule has 3 nitrogen and oxygen atoms in total. The molecule has 0 spiro atoms. The highest BCUT2D eigenvalue weighted by Gasteiger charge is 2.25. The largest absolute Gasteiger partial charge is 0.495 e. The van der Waals surface area contributed by atoms with Gasteiger partial charge < -0.3 is 14.5 Å². The molecule has 0 aliphatic carbocycles. The molecule has 5 heteroatoms. The van der Waals surface area contributed by atoms with Crippen LogP contribution in [0.3, 0.4) is 0 Å². The molecule has 2 aliphatic rings. The maximum absolute atomic E-state index is 14.1. The number of anilines is 2. The summed E-state index contributed by atoms with van der Waals surface area (Å²) in [5.74, 6) is -0.00340. The van der Waals surface area contributed by atoms with Gasteiger partial charge in [-0.15, -0.1) is 0 Å². The third-order valence-corrected chi connectivity index (χ3v) is 5.53. The molecule has 0 saturated carbocycles. The van der Waals surface area contributed by atoms with Crippen LogP contribution in [0.15, 0.2) is 66.6 Å². The number of hydrogen-bond donors (Lipinski definition) is 0. The minimum atomic E-state index is -0.522. The minimum Gasteiger partial charge on any atom is -0.495 e. The molecule has 2 heterocycles. The van der Waals surface area contributed by atoms with Crippen LogP contribution < -0.4 is 9.80 Å². The summed E-state index contributed by atoms with van der Waals surface area (Å²) < 4.78 is 32.7. The van der Waals surface area contributed by atoms with Crippen molar-refractivity contribution in [2.24, 2.45) is 0 Å². The molecule has 2 aromatic rings. The Hall–Kier alpha value is -2.82. The fraction of sp³-hybridized carbons (Fsp3) is 0.304. The number of methoxy groups -OCH3 is 1. The van der Waals surface area contributed by atoms with Crippen molar-refractivity contribution in [2.75, 3.05) is 36.5 Å². The highest BCUT2D eigenvalue weighted by atomic mass is 19.1. The number of allylic oxidation sites excluding steroid dienone is 1. The standard InChI is InChI=1S/C23H24F2N2O/c1-28-19-5-4-12-27(16-19)23-7-3-2-6-22(23)26-13-10-17(11-14-26)20-9-8-18(24)15-21(20)25/h2-9,15-17H,10-14H2,1H3. The summed E-state index contributed by atoms with van der Waals surface area (Å²) in [7, 11) is 1.67. The van der Waals surface area contributed by atoms with Crippen molar-refractivity contribution in [1.29, 1.82) is 0 Å². The first-order chi connectivity index (χ1) is 13.7. The van der Waals surface area contributed by atoms with E-state index in [-0.39, 0.29) is 5.92 Å². The van der Waals surface area contributed by atoms with Gasteiger partial charge in [-0.25, -0.2) is 8.78 Å². The van der Waals surface area contributed by atoms with Gasteiger partial charge >= 0.3 is 0 Å². The maximum atomic E-state index is 14.1. The summed E-state index contributed by atoms with van der Waals surface area (Å²) in [6, 6.07) is 12.3. The van der Waals surface area contributed by atoms with Gasteiger partial charge in [0.15, 0.2) is 0 Å². The second-order valence-corrected chi connectivity index (χ2v) is 7.21. The lowest BCUT2D eigenvalue weighted by molar-refractivity contribution is 0.304. The fourth-order valence-corrected chi connectivity index (χ4v) is 4.06. The number of piperidine rings is 1. The average molecular weight is 382 g/mol. The third kappa shape index (κ3) is 3.75. The summed E-state index contributed by atoms with van der Waals surface area (Å²) in [6.45, 7) is 2.47. The zero-order valence-electron chi connectivity index (χ0n) is 15.9. The first kappa shape index (κ1) is 18.5. The Balaban J connectivity index is 1.51. The molecular formula is C23H24F2N2O. The number of rotatable bonds is 4. The quantitative estimate of drug-likeness (QED) is 0.722. The van der Waals surface area contributed by atoms with Gasteiger partial charge in [-0.1, -0.05) is 24.3 Å². The zero-order chi connectivity index (χ0) is 19.5. The smallest absolute Gasteiger partial charge is 0.134 e. The van der Waals surface area contributed by atoms with Crippen molar-refractivity contribution in [1.82, 2.24) is 0 Å². The third-order valence-electron chi connectivity index (χ3n) is 5.53. The Morgan fingerprint density at radius 1 is 1.00 bits per heavy atom. The highest BCUT2D eigenvalue weighted by Crippen LogP contribution is 2.36. The first-order valence-corrected chi connectivity index (χ1v) is 9.63. The molecule has 2 aliphatic heterocycles. The topological polar surface area (TPSA) is 15.7 Å². The van der Waals surface area contributed by atoms with Gasteiger partial charge in [-0.3, -0.25) is 0 Å². The lowest BCUT2D eigenvalue weighted by Gasteiger charge is -2.36. The normalized spacial score (nSPS) is 17.6. The van der Waals surface area contributed by atoms with Gasteiger partial charge in [-0.05, 0) is 48.6 Å². The minimum absolute atomic E-state index is 0.127. The molecule has 1 saturated heterocycles. The van der Waals surface area contributed by atoms with Gasteiger partial charge in [0.25, 0.3) is 0 Å². The van der Waals surface area contributed by atoms with Gasteiger partial charge in [-0.2, -0.15) is 0 Å². The number of para-hydroxylation sites is 2. The number of nitrogens with zero attached hydrogens (tertiary/aromatic N) is 2. The van der Waals surface area contributed by atoms with Crippen LogP contribution in [-0.4, -0.2) is 26.7 Å². The molecule has 0 radical (unpaired) electrons. The van der Waals surface area contributed by atoms with E-state index in [9.17, 15) is 8.78 Å². The van der Waals surface area contributed by atoms with Crippen molar-refractivity contribution < 1.29 is 13.5 Å². The summed E-state index contributed by atoms with van der Waals surface area (Å²) >= 11 is 0. The van der Waals surface area contributed by atoms with E-state index in [0.29, 0.717) is 5.56 Å². The van der Waals surface area contributed by atoms with Crippen molar-refractivity contribution in [2.45, 2.75) is 18.8 Å². The van der Waals surface area contributed by atoms with Gasteiger partial charge in [0.2, 0.25) is 0 Å². The zero-order valence-corrected chi connectivity index (χ0v) is 15.9. The Bertz CT molecular complexity index is 901. The molecule has 0 unspecified atom stereocenters. The molecule has 0 bridgehead atoms. The van der Waals surface area contributed by atoms with Crippen LogP contribution in [0, 0.1) is 11.6 Å². The Morgan fingerprint density at radius 3 is 2.46 bits per heavy atom. The van der Waals surface area contributed by atoms with Gasteiger partial charge in [0.1, 0.15) is 17.4 Å². The van der Waals surface area contributed by atoms with Crippen molar-refractivity contribution in [3.8, 4) is 0 Å².